The molecule has 1 aromatic carbocycles. The van der Waals surface area contributed by atoms with Gasteiger partial charge in [-0.3, -0.25) is 4.98 Å². The highest BCUT2D eigenvalue weighted by atomic mass is 32.2. The third-order valence-electron chi connectivity index (χ3n) is 3.22. The molecule has 2 atom stereocenters. The Hall–Kier alpha value is -1.52. The molecule has 0 amide bonds. The number of para-hydroxylation sites is 1. The standard InChI is InChI=1S/C16H20N2OS/c1-3-13(17)16(12-8-10-18-11-9-12)19-14-6-4-5-7-15(14)20-2/h4-11,13,16H,3,17H2,1-2H3. The highest BCUT2D eigenvalue weighted by Gasteiger charge is 2.21. The third-order valence-corrected chi connectivity index (χ3v) is 4.00. The van der Waals surface area contributed by atoms with Gasteiger partial charge in [0.1, 0.15) is 11.9 Å². The van der Waals surface area contributed by atoms with Crippen LogP contribution < -0.4 is 10.5 Å². The molecule has 0 aliphatic rings. The van der Waals surface area contributed by atoms with E-state index in [-0.39, 0.29) is 12.1 Å². The molecule has 2 rings (SSSR count). The van der Waals surface area contributed by atoms with Gasteiger partial charge in [-0.05, 0) is 42.5 Å². The number of thioether (sulfide) groups is 1. The maximum absolute atomic E-state index is 6.24. The van der Waals surface area contributed by atoms with E-state index in [0.29, 0.717) is 0 Å². The van der Waals surface area contributed by atoms with E-state index in [4.69, 9.17) is 10.5 Å². The topological polar surface area (TPSA) is 48.1 Å². The Morgan fingerprint density at radius 2 is 1.90 bits per heavy atom. The Balaban J connectivity index is 2.29. The molecule has 2 N–H and O–H groups in total. The van der Waals surface area contributed by atoms with Gasteiger partial charge in [0.05, 0.1) is 0 Å². The van der Waals surface area contributed by atoms with Crippen LogP contribution in [-0.4, -0.2) is 17.3 Å². The Labute approximate surface area is 124 Å². The number of ether oxygens (including phenoxy) is 1. The zero-order valence-electron chi connectivity index (χ0n) is 11.8. The minimum atomic E-state index is -0.156. The molecule has 2 unspecified atom stereocenters. The van der Waals surface area contributed by atoms with Crippen LogP contribution in [0.1, 0.15) is 25.0 Å². The molecule has 20 heavy (non-hydrogen) atoms. The number of aromatic nitrogens is 1. The first-order chi connectivity index (χ1) is 9.76. The summed E-state index contributed by atoms with van der Waals surface area (Å²) >= 11 is 1.67. The second-order valence-corrected chi connectivity index (χ2v) is 5.39. The molecule has 0 saturated heterocycles. The van der Waals surface area contributed by atoms with Crippen LogP contribution in [0.3, 0.4) is 0 Å². The van der Waals surface area contributed by atoms with Crippen molar-refractivity contribution >= 4 is 11.8 Å². The lowest BCUT2D eigenvalue weighted by Gasteiger charge is -2.25. The van der Waals surface area contributed by atoms with Crippen molar-refractivity contribution in [2.24, 2.45) is 5.73 Å². The van der Waals surface area contributed by atoms with E-state index < -0.39 is 0 Å². The maximum atomic E-state index is 6.24. The van der Waals surface area contributed by atoms with Gasteiger partial charge in [0.25, 0.3) is 0 Å². The number of pyridine rings is 1. The number of nitrogens with two attached hydrogens (primary N) is 1. The average molecular weight is 288 g/mol. The average Bonchev–Trinajstić information content (AvgIpc) is 2.53. The zero-order valence-corrected chi connectivity index (χ0v) is 12.6. The molecule has 106 valence electrons. The Morgan fingerprint density at radius 1 is 1.20 bits per heavy atom. The van der Waals surface area contributed by atoms with Crippen LogP contribution in [0.15, 0.2) is 53.7 Å². The molecule has 0 radical (unpaired) electrons. The van der Waals surface area contributed by atoms with Crippen LogP contribution in [0.25, 0.3) is 0 Å². The second-order valence-electron chi connectivity index (χ2n) is 4.54. The number of nitrogens with zero attached hydrogens (tertiary/aromatic N) is 1. The third kappa shape index (κ3) is 3.52. The minimum absolute atomic E-state index is 0.0488. The normalized spacial score (nSPS) is 13.8. The summed E-state index contributed by atoms with van der Waals surface area (Å²) in [5, 5.41) is 0. The Bertz CT molecular complexity index is 533. The molecular formula is C16H20N2OS. The van der Waals surface area contributed by atoms with E-state index in [2.05, 4.69) is 18.0 Å². The first kappa shape index (κ1) is 14.9. The summed E-state index contributed by atoms with van der Waals surface area (Å²) in [7, 11) is 0. The molecule has 3 nitrogen and oxygen atoms in total. The molecule has 0 bridgehead atoms. The smallest absolute Gasteiger partial charge is 0.139 e. The zero-order chi connectivity index (χ0) is 14.4. The lowest BCUT2D eigenvalue weighted by Crippen LogP contribution is -2.31. The fourth-order valence-corrected chi connectivity index (χ4v) is 2.55. The van der Waals surface area contributed by atoms with Crippen molar-refractivity contribution < 1.29 is 4.74 Å². The highest BCUT2D eigenvalue weighted by Crippen LogP contribution is 2.32. The summed E-state index contributed by atoms with van der Waals surface area (Å²) in [6.45, 7) is 2.07. The van der Waals surface area contributed by atoms with Gasteiger partial charge in [-0.1, -0.05) is 19.1 Å². The first-order valence-electron chi connectivity index (χ1n) is 6.71. The van der Waals surface area contributed by atoms with Crippen molar-refractivity contribution in [2.75, 3.05) is 6.26 Å². The van der Waals surface area contributed by atoms with E-state index in [1.54, 1.807) is 24.2 Å². The predicted octanol–water partition coefficient (Wildman–Crippen LogP) is 3.66. The molecule has 0 aliphatic heterocycles. The van der Waals surface area contributed by atoms with Crippen molar-refractivity contribution in [3.63, 3.8) is 0 Å². The lowest BCUT2D eigenvalue weighted by molar-refractivity contribution is 0.166. The van der Waals surface area contributed by atoms with Crippen LogP contribution in [0.2, 0.25) is 0 Å². The monoisotopic (exact) mass is 288 g/mol. The van der Waals surface area contributed by atoms with Crippen LogP contribution in [0, 0.1) is 0 Å². The van der Waals surface area contributed by atoms with Gasteiger partial charge in [0, 0.05) is 23.3 Å². The quantitative estimate of drug-likeness (QED) is 0.824. The summed E-state index contributed by atoms with van der Waals surface area (Å²) in [5.74, 6) is 0.880. The highest BCUT2D eigenvalue weighted by molar-refractivity contribution is 7.98. The van der Waals surface area contributed by atoms with E-state index in [0.717, 1.165) is 22.6 Å². The molecule has 0 aliphatic carbocycles. The molecule has 1 aromatic heterocycles. The minimum Gasteiger partial charge on any atom is -0.483 e. The van der Waals surface area contributed by atoms with Crippen molar-refractivity contribution in [1.82, 2.24) is 4.98 Å². The number of rotatable bonds is 6. The van der Waals surface area contributed by atoms with Gasteiger partial charge in [-0.15, -0.1) is 11.8 Å². The SMILES string of the molecule is CCC(N)C(Oc1ccccc1SC)c1ccncc1. The first-order valence-corrected chi connectivity index (χ1v) is 7.94. The summed E-state index contributed by atoms with van der Waals surface area (Å²) in [6.07, 6.45) is 6.29. The van der Waals surface area contributed by atoms with E-state index in [1.165, 1.54) is 0 Å². The van der Waals surface area contributed by atoms with Gasteiger partial charge in [0.15, 0.2) is 0 Å². The van der Waals surface area contributed by atoms with Crippen molar-refractivity contribution in [3.8, 4) is 5.75 Å². The lowest BCUT2D eigenvalue weighted by atomic mass is 10.0. The van der Waals surface area contributed by atoms with Crippen LogP contribution in [0.4, 0.5) is 0 Å². The van der Waals surface area contributed by atoms with Gasteiger partial charge >= 0.3 is 0 Å². The van der Waals surface area contributed by atoms with Crippen molar-refractivity contribution in [2.45, 2.75) is 30.4 Å². The molecule has 0 saturated carbocycles. The van der Waals surface area contributed by atoms with Crippen molar-refractivity contribution in [3.05, 3.63) is 54.4 Å². The summed E-state index contributed by atoms with van der Waals surface area (Å²) < 4.78 is 6.20. The molecule has 2 aromatic rings. The molecule has 1 heterocycles. The largest absolute Gasteiger partial charge is 0.483 e. The van der Waals surface area contributed by atoms with E-state index >= 15 is 0 Å². The van der Waals surface area contributed by atoms with Crippen LogP contribution >= 0.6 is 11.8 Å². The molecule has 0 fully saturated rings. The maximum Gasteiger partial charge on any atom is 0.139 e. The number of hydrogen-bond acceptors (Lipinski definition) is 4. The predicted molar refractivity (Wildman–Crippen MR) is 84.1 cm³/mol. The summed E-state index contributed by atoms with van der Waals surface area (Å²) in [6, 6.07) is 11.9. The number of hydrogen-bond donors (Lipinski definition) is 1. The second kappa shape index (κ2) is 7.31. The fourth-order valence-electron chi connectivity index (χ4n) is 2.02. The summed E-state index contributed by atoms with van der Waals surface area (Å²) in [5.41, 5.74) is 7.30. The fraction of sp³-hybridized carbons (Fsp3) is 0.312. The summed E-state index contributed by atoms with van der Waals surface area (Å²) in [4.78, 5) is 5.17. The van der Waals surface area contributed by atoms with Crippen molar-refractivity contribution in [1.29, 1.82) is 0 Å². The van der Waals surface area contributed by atoms with Crippen LogP contribution in [-0.2, 0) is 0 Å². The van der Waals surface area contributed by atoms with E-state index in [9.17, 15) is 0 Å². The Morgan fingerprint density at radius 3 is 2.55 bits per heavy atom. The number of benzene rings is 1. The molecule has 0 spiro atoms. The van der Waals surface area contributed by atoms with Crippen LogP contribution in [0.5, 0.6) is 5.75 Å². The van der Waals surface area contributed by atoms with Gasteiger partial charge < -0.3 is 10.5 Å². The Kier molecular flexibility index (Phi) is 5.44. The van der Waals surface area contributed by atoms with Gasteiger partial charge in [0.2, 0.25) is 0 Å². The molecular weight excluding hydrogens is 268 g/mol. The van der Waals surface area contributed by atoms with Gasteiger partial charge in [-0.2, -0.15) is 0 Å². The van der Waals surface area contributed by atoms with E-state index in [1.807, 2.05) is 36.6 Å². The molecule has 4 heteroatoms. The van der Waals surface area contributed by atoms with Gasteiger partial charge in [-0.25, -0.2) is 0 Å².